The highest BCUT2D eigenvalue weighted by Gasteiger charge is 2.25. The Morgan fingerprint density at radius 1 is 1.47 bits per heavy atom. The normalized spacial score (nSPS) is 17.2. The van der Waals surface area contributed by atoms with Crippen molar-refractivity contribution in [2.45, 2.75) is 25.8 Å². The fraction of sp³-hybridized carbons (Fsp3) is 0.286. The zero-order valence-electron chi connectivity index (χ0n) is 10.6. The number of hydrogen-bond donors (Lipinski definition) is 2. The van der Waals surface area contributed by atoms with E-state index in [0.717, 1.165) is 24.1 Å². The van der Waals surface area contributed by atoms with Crippen LogP contribution in [0.25, 0.3) is 0 Å². The van der Waals surface area contributed by atoms with Crippen molar-refractivity contribution in [1.82, 2.24) is 10.5 Å². The minimum Gasteiger partial charge on any atom is -0.399 e. The summed E-state index contributed by atoms with van der Waals surface area (Å²) < 4.78 is 4.96. The molecule has 0 fully saturated rings. The smallest absolute Gasteiger partial charge is 0.290 e. The topological polar surface area (TPSA) is 81.2 Å². The molecule has 98 valence electrons. The molecule has 1 atom stereocenters. The van der Waals surface area contributed by atoms with Crippen LogP contribution in [-0.2, 0) is 6.42 Å². The van der Waals surface area contributed by atoms with Gasteiger partial charge < -0.3 is 15.6 Å². The van der Waals surface area contributed by atoms with Gasteiger partial charge in [-0.3, -0.25) is 4.79 Å². The Morgan fingerprint density at radius 2 is 2.32 bits per heavy atom. The van der Waals surface area contributed by atoms with E-state index in [2.05, 4.69) is 10.5 Å². The first-order valence-electron chi connectivity index (χ1n) is 6.26. The molecule has 1 aromatic heterocycles. The van der Waals surface area contributed by atoms with Crippen LogP contribution in [-0.4, -0.2) is 11.1 Å². The van der Waals surface area contributed by atoms with E-state index in [1.807, 2.05) is 18.2 Å². The lowest BCUT2D eigenvalue weighted by atomic mass is 10.1. The summed E-state index contributed by atoms with van der Waals surface area (Å²) in [7, 11) is 0. The first-order valence-corrected chi connectivity index (χ1v) is 6.26. The second-order valence-electron chi connectivity index (χ2n) is 4.86. The average molecular weight is 257 g/mol. The minimum atomic E-state index is -0.227. The zero-order chi connectivity index (χ0) is 13.4. The Labute approximate surface area is 110 Å². The molecule has 1 amide bonds. The van der Waals surface area contributed by atoms with Crippen molar-refractivity contribution in [2.75, 3.05) is 5.73 Å². The minimum absolute atomic E-state index is 0.0218. The van der Waals surface area contributed by atoms with Gasteiger partial charge in [-0.25, -0.2) is 0 Å². The number of carbonyl (C=O) groups excluding carboxylic acids is 1. The number of hydrogen-bond acceptors (Lipinski definition) is 4. The molecule has 0 bridgehead atoms. The second kappa shape index (κ2) is 4.42. The molecular weight excluding hydrogens is 242 g/mol. The number of anilines is 1. The Hall–Kier alpha value is -2.30. The predicted molar refractivity (Wildman–Crippen MR) is 70.6 cm³/mol. The van der Waals surface area contributed by atoms with Gasteiger partial charge in [-0.05, 0) is 43.0 Å². The Kier molecular flexibility index (Phi) is 2.74. The van der Waals surface area contributed by atoms with E-state index in [1.54, 1.807) is 13.0 Å². The monoisotopic (exact) mass is 257 g/mol. The SMILES string of the molecule is Cc1cc(C(=O)NC2CCc3cc(N)ccc32)on1. The van der Waals surface area contributed by atoms with Crippen LogP contribution in [0, 0.1) is 6.92 Å². The van der Waals surface area contributed by atoms with Crippen molar-refractivity contribution in [3.8, 4) is 0 Å². The molecular formula is C14H15N3O2. The molecule has 1 aliphatic rings. The fourth-order valence-electron chi connectivity index (χ4n) is 2.49. The molecule has 1 heterocycles. The first-order chi connectivity index (χ1) is 9.13. The number of nitrogens with two attached hydrogens (primary N) is 1. The largest absolute Gasteiger partial charge is 0.399 e. The van der Waals surface area contributed by atoms with Crippen molar-refractivity contribution in [3.63, 3.8) is 0 Å². The molecule has 1 aromatic carbocycles. The summed E-state index contributed by atoms with van der Waals surface area (Å²) in [6, 6.07) is 7.47. The first kappa shape index (κ1) is 11.8. The number of rotatable bonds is 2. The third-order valence-corrected chi connectivity index (χ3v) is 3.40. The number of aryl methyl sites for hydroxylation is 2. The van der Waals surface area contributed by atoms with Gasteiger partial charge in [0.15, 0.2) is 0 Å². The summed E-state index contributed by atoms with van der Waals surface area (Å²) in [6.45, 7) is 1.79. The number of nitrogens with zero attached hydrogens (tertiary/aromatic N) is 1. The van der Waals surface area contributed by atoms with Crippen molar-refractivity contribution < 1.29 is 9.32 Å². The number of nitrogen functional groups attached to an aromatic ring is 1. The summed E-state index contributed by atoms with van der Waals surface area (Å²) in [5, 5.41) is 6.69. The molecule has 3 rings (SSSR count). The van der Waals surface area contributed by atoms with Crippen LogP contribution in [0.15, 0.2) is 28.8 Å². The summed E-state index contributed by atoms with van der Waals surface area (Å²) in [6.07, 6.45) is 1.82. The highest BCUT2D eigenvalue weighted by atomic mass is 16.5. The van der Waals surface area contributed by atoms with Gasteiger partial charge in [0.1, 0.15) is 0 Å². The molecule has 5 nitrogen and oxygen atoms in total. The molecule has 19 heavy (non-hydrogen) atoms. The van der Waals surface area contributed by atoms with Gasteiger partial charge in [-0.1, -0.05) is 11.2 Å². The second-order valence-corrected chi connectivity index (χ2v) is 4.86. The number of fused-ring (bicyclic) bond motifs is 1. The van der Waals surface area contributed by atoms with E-state index in [1.165, 1.54) is 5.56 Å². The standard InChI is InChI=1S/C14H15N3O2/c1-8-6-13(19-17-8)14(18)16-12-5-2-9-7-10(15)3-4-11(9)12/h3-4,6-7,12H,2,5,15H2,1H3,(H,16,18). The van der Waals surface area contributed by atoms with Crippen LogP contribution in [0.4, 0.5) is 5.69 Å². The molecule has 3 N–H and O–H groups in total. The third kappa shape index (κ3) is 2.19. The predicted octanol–water partition coefficient (Wildman–Crippen LogP) is 1.98. The number of amides is 1. The van der Waals surface area contributed by atoms with E-state index in [4.69, 9.17) is 10.3 Å². The van der Waals surface area contributed by atoms with E-state index in [9.17, 15) is 4.79 Å². The molecule has 2 aromatic rings. The molecule has 0 aliphatic heterocycles. The molecule has 0 saturated heterocycles. The molecule has 0 saturated carbocycles. The molecule has 1 aliphatic carbocycles. The maximum absolute atomic E-state index is 12.0. The van der Waals surface area contributed by atoms with Gasteiger partial charge in [0.2, 0.25) is 5.76 Å². The van der Waals surface area contributed by atoms with Crippen LogP contribution in [0.2, 0.25) is 0 Å². The summed E-state index contributed by atoms with van der Waals surface area (Å²) in [4.78, 5) is 12.0. The van der Waals surface area contributed by atoms with Crippen molar-refractivity contribution in [3.05, 3.63) is 46.8 Å². The lowest BCUT2D eigenvalue weighted by Crippen LogP contribution is -2.26. The summed E-state index contributed by atoms with van der Waals surface area (Å²) in [5.41, 5.74) is 9.57. The lowest BCUT2D eigenvalue weighted by molar-refractivity contribution is 0.0899. The number of benzene rings is 1. The van der Waals surface area contributed by atoms with Gasteiger partial charge in [-0.15, -0.1) is 0 Å². The molecule has 0 spiro atoms. The van der Waals surface area contributed by atoms with E-state index < -0.39 is 0 Å². The van der Waals surface area contributed by atoms with Crippen molar-refractivity contribution >= 4 is 11.6 Å². The van der Waals surface area contributed by atoms with Crippen LogP contribution in [0.3, 0.4) is 0 Å². The zero-order valence-corrected chi connectivity index (χ0v) is 10.6. The maximum atomic E-state index is 12.0. The van der Waals surface area contributed by atoms with Crippen LogP contribution in [0.5, 0.6) is 0 Å². The van der Waals surface area contributed by atoms with Crippen LogP contribution in [0.1, 0.15) is 39.8 Å². The Balaban J connectivity index is 1.78. The Bertz CT molecular complexity index is 633. The summed E-state index contributed by atoms with van der Waals surface area (Å²) >= 11 is 0. The van der Waals surface area contributed by atoms with Gasteiger partial charge in [0.25, 0.3) is 5.91 Å². The number of aromatic nitrogens is 1. The van der Waals surface area contributed by atoms with Gasteiger partial charge in [-0.2, -0.15) is 0 Å². The number of nitrogens with one attached hydrogen (secondary N) is 1. The van der Waals surface area contributed by atoms with Gasteiger partial charge in [0.05, 0.1) is 11.7 Å². The fourth-order valence-corrected chi connectivity index (χ4v) is 2.49. The van der Waals surface area contributed by atoms with E-state index in [-0.39, 0.29) is 17.7 Å². The quantitative estimate of drug-likeness (QED) is 0.806. The van der Waals surface area contributed by atoms with Gasteiger partial charge >= 0.3 is 0 Å². The third-order valence-electron chi connectivity index (χ3n) is 3.40. The average Bonchev–Trinajstić information content (AvgIpc) is 2.96. The molecule has 0 radical (unpaired) electrons. The highest BCUT2D eigenvalue weighted by Crippen LogP contribution is 2.32. The summed E-state index contributed by atoms with van der Waals surface area (Å²) in [5.74, 6) is 0.0247. The number of carbonyl (C=O) groups is 1. The lowest BCUT2D eigenvalue weighted by Gasteiger charge is -2.12. The van der Waals surface area contributed by atoms with E-state index >= 15 is 0 Å². The van der Waals surface area contributed by atoms with Gasteiger partial charge in [0, 0.05) is 11.8 Å². The van der Waals surface area contributed by atoms with Crippen LogP contribution >= 0.6 is 0 Å². The molecule has 1 unspecified atom stereocenters. The highest BCUT2D eigenvalue weighted by molar-refractivity contribution is 5.91. The molecule has 5 heteroatoms. The van der Waals surface area contributed by atoms with Crippen molar-refractivity contribution in [1.29, 1.82) is 0 Å². The van der Waals surface area contributed by atoms with Crippen LogP contribution < -0.4 is 11.1 Å². The maximum Gasteiger partial charge on any atom is 0.290 e. The van der Waals surface area contributed by atoms with Crippen molar-refractivity contribution in [2.24, 2.45) is 0 Å². The Morgan fingerprint density at radius 3 is 3.05 bits per heavy atom. The van der Waals surface area contributed by atoms with E-state index in [0.29, 0.717) is 5.69 Å².